The Bertz CT molecular complexity index is 2890. The quantitative estimate of drug-likeness (QED) is 0.127. The first-order valence-corrected chi connectivity index (χ1v) is 22.0. The monoisotopic (exact) mass is 899 g/mol. The van der Waals surface area contributed by atoms with Crippen molar-refractivity contribution in [2.75, 3.05) is 32.0 Å². The largest absolute Gasteiger partial charge is 0.496 e. The van der Waals surface area contributed by atoms with E-state index >= 15 is 0 Å². The van der Waals surface area contributed by atoms with Crippen LogP contribution in [-0.4, -0.2) is 56.8 Å². The third-order valence-corrected chi connectivity index (χ3v) is 11.9. The fourth-order valence-electron chi connectivity index (χ4n) is 8.16. The van der Waals surface area contributed by atoms with Gasteiger partial charge < -0.3 is 14.7 Å². The van der Waals surface area contributed by atoms with Crippen LogP contribution in [0.1, 0.15) is 28.3 Å². The number of hydrogen-bond donors (Lipinski definition) is 2. The molecule has 2 aliphatic heterocycles. The van der Waals surface area contributed by atoms with Crippen LogP contribution in [0.2, 0.25) is 15.1 Å². The number of ether oxygens (including phenoxy) is 1. The molecular weight excluding hydrogens is 864 g/mol. The summed E-state index contributed by atoms with van der Waals surface area (Å²) in [5.41, 5.74) is 14.8. The van der Waals surface area contributed by atoms with Crippen LogP contribution in [0.3, 0.4) is 0 Å². The maximum atomic E-state index is 6.67. The summed E-state index contributed by atoms with van der Waals surface area (Å²) in [5.74, 6) is 1.74. The second-order valence-electron chi connectivity index (χ2n) is 14.7. The molecule has 3 aromatic heterocycles. The normalized spacial score (nSPS) is 12.1. The van der Waals surface area contributed by atoms with Gasteiger partial charge >= 0.3 is 0 Å². The van der Waals surface area contributed by atoms with Crippen molar-refractivity contribution >= 4 is 104 Å². The second kappa shape index (κ2) is 18.0. The van der Waals surface area contributed by atoms with Crippen LogP contribution in [0.15, 0.2) is 115 Å². The molecule has 0 fully saturated rings. The predicted octanol–water partition coefficient (Wildman–Crippen LogP) is 14.6. The number of aromatic amines is 2. The SMILES string of the molecule is COc1ccc(-c2c3nc(c(-c4cccc(Cl)c4)c4ccc([nH]4)c(-c4cccc(Cl)c4)c4ccc([nH]4)c(-c4cccc(Cl)c4)c4nc2C=C4)C=C3)cc1CN(CCCl)CCCl. The zero-order valence-electron chi connectivity index (χ0n) is 33.0. The summed E-state index contributed by atoms with van der Waals surface area (Å²) >= 11 is 32.5. The van der Waals surface area contributed by atoms with Crippen LogP contribution in [-0.2, 0) is 6.54 Å². The van der Waals surface area contributed by atoms with E-state index in [1.807, 2.05) is 60.7 Å². The topological polar surface area (TPSA) is 69.8 Å². The van der Waals surface area contributed by atoms with Crippen molar-refractivity contribution in [1.29, 1.82) is 0 Å². The van der Waals surface area contributed by atoms with Gasteiger partial charge in [-0.2, -0.15) is 0 Å². The van der Waals surface area contributed by atoms with Crippen molar-refractivity contribution in [3.8, 4) is 50.3 Å². The summed E-state index contributed by atoms with van der Waals surface area (Å²) in [5, 5.41) is 1.88. The van der Waals surface area contributed by atoms with Crippen LogP contribution in [0.5, 0.6) is 5.75 Å². The van der Waals surface area contributed by atoms with Gasteiger partial charge in [-0.1, -0.05) is 77.3 Å². The number of hydrogen-bond acceptors (Lipinski definition) is 4. The van der Waals surface area contributed by atoms with Crippen molar-refractivity contribution < 1.29 is 4.74 Å². The lowest BCUT2D eigenvalue weighted by Crippen LogP contribution is -2.27. The van der Waals surface area contributed by atoms with E-state index in [-0.39, 0.29) is 0 Å². The first-order valence-electron chi connectivity index (χ1n) is 19.8. The van der Waals surface area contributed by atoms with Gasteiger partial charge in [0.2, 0.25) is 0 Å². The number of fused-ring (bicyclic) bond motifs is 8. The molecule has 9 rings (SSSR count). The Morgan fingerprint density at radius 3 is 1.33 bits per heavy atom. The number of methoxy groups -OCH3 is 1. The molecule has 0 spiro atoms. The lowest BCUT2D eigenvalue weighted by atomic mass is 9.99. The highest BCUT2D eigenvalue weighted by Crippen LogP contribution is 2.40. The summed E-state index contributed by atoms with van der Waals surface area (Å²) in [6.07, 6.45) is 8.24. The van der Waals surface area contributed by atoms with Gasteiger partial charge in [-0.3, -0.25) is 4.90 Å². The van der Waals surface area contributed by atoms with E-state index in [0.717, 1.165) is 101 Å². The standard InChI is InChI=1S/C50H38Cl5N5O/c1-61-46-20-11-33(25-34(46)29-60(23-21-51)24-22-52)50-44-18-16-42(58-44)48(31-6-3-9-36(54)27-31)40-14-12-38(56-40)47(30-5-2-8-35(53)26-30)39-13-15-41(57-39)49(43-17-19-45(50)59-43)32-7-4-10-37(55)28-32/h2-20,25-28,56-57H,21-24,29H2,1H3. The van der Waals surface area contributed by atoms with E-state index < -0.39 is 0 Å². The van der Waals surface area contributed by atoms with Gasteiger partial charge in [-0.25, -0.2) is 9.97 Å². The van der Waals surface area contributed by atoms with Crippen molar-refractivity contribution in [1.82, 2.24) is 24.8 Å². The molecule has 0 saturated carbocycles. The van der Waals surface area contributed by atoms with E-state index in [2.05, 4.69) is 93.8 Å². The highest BCUT2D eigenvalue weighted by molar-refractivity contribution is 6.31. The van der Waals surface area contributed by atoms with Gasteiger partial charge in [0.05, 0.1) is 29.9 Å². The van der Waals surface area contributed by atoms with Crippen molar-refractivity contribution in [3.63, 3.8) is 0 Å². The molecule has 0 saturated heterocycles. The highest BCUT2D eigenvalue weighted by Gasteiger charge is 2.21. The van der Waals surface area contributed by atoms with Crippen LogP contribution in [0.25, 0.3) is 90.9 Å². The molecule has 0 radical (unpaired) electrons. The Morgan fingerprint density at radius 2 is 0.902 bits per heavy atom. The summed E-state index contributed by atoms with van der Waals surface area (Å²) < 4.78 is 5.90. The van der Waals surface area contributed by atoms with Crippen LogP contribution in [0, 0.1) is 0 Å². The number of rotatable bonds is 11. The fraction of sp³-hybridized carbons (Fsp3) is 0.120. The van der Waals surface area contributed by atoms with Gasteiger partial charge in [0.15, 0.2) is 0 Å². The summed E-state index contributed by atoms with van der Waals surface area (Å²) in [6.45, 7) is 1.97. The van der Waals surface area contributed by atoms with E-state index in [0.29, 0.717) is 46.5 Å². The molecule has 7 aromatic rings. The molecule has 0 aliphatic carbocycles. The molecule has 8 bridgehead atoms. The first kappa shape index (κ1) is 41.1. The van der Waals surface area contributed by atoms with E-state index in [4.69, 9.17) is 72.7 Å². The number of aromatic nitrogens is 4. The lowest BCUT2D eigenvalue weighted by molar-refractivity contribution is 0.292. The van der Waals surface area contributed by atoms with E-state index in [1.165, 1.54) is 0 Å². The maximum absolute atomic E-state index is 6.67. The maximum Gasteiger partial charge on any atom is 0.123 e. The number of benzene rings is 4. The molecule has 304 valence electrons. The number of nitrogens with one attached hydrogen (secondary N) is 2. The highest BCUT2D eigenvalue weighted by atomic mass is 35.5. The average Bonchev–Trinajstić information content (AvgIpc) is 4.10. The smallest absolute Gasteiger partial charge is 0.123 e. The molecule has 61 heavy (non-hydrogen) atoms. The first-order chi connectivity index (χ1) is 29.8. The third kappa shape index (κ3) is 8.50. The predicted molar refractivity (Wildman–Crippen MR) is 259 cm³/mol. The van der Waals surface area contributed by atoms with Crippen molar-refractivity contribution in [3.05, 3.63) is 159 Å². The number of H-pyrrole nitrogens is 2. The van der Waals surface area contributed by atoms with Crippen molar-refractivity contribution in [2.45, 2.75) is 6.54 Å². The molecule has 2 aliphatic rings. The minimum atomic E-state index is 0.484. The summed E-state index contributed by atoms with van der Waals surface area (Å²) in [6, 6.07) is 38.2. The second-order valence-corrected chi connectivity index (χ2v) is 16.8. The Kier molecular flexibility index (Phi) is 12.1. The van der Waals surface area contributed by atoms with E-state index in [1.54, 1.807) is 7.11 Å². The number of alkyl halides is 2. The summed E-state index contributed by atoms with van der Waals surface area (Å²) in [7, 11) is 1.69. The van der Waals surface area contributed by atoms with E-state index in [9.17, 15) is 0 Å². The molecule has 6 nitrogen and oxygen atoms in total. The Balaban J connectivity index is 1.42. The zero-order chi connectivity index (χ0) is 42.0. The lowest BCUT2D eigenvalue weighted by Gasteiger charge is -2.22. The van der Waals surface area contributed by atoms with Crippen LogP contribution >= 0.6 is 58.0 Å². The molecule has 11 heteroatoms. The molecule has 2 N–H and O–H groups in total. The van der Waals surface area contributed by atoms with Gasteiger partial charge in [0.25, 0.3) is 0 Å². The van der Waals surface area contributed by atoms with Gasteiger partial charge in [0, 0.05) is 96.3 Å². The Hall–Kier alpha value is -5.31. The van der Waals surface area contributed by atoms with Gasteiger partial charge in [-0.15, -0.1) is 23.2 Å². The number of halogens is 5. The Morgan fingerprint density at radius 1 is 0.492 bits per heavy atom. The molecule has 0 atom stereocenters. The molecule has 0 unspecified atom stereocenters. The minimum absolute atomic E-state index is 0.484. The zero-order valence-corrected chi connectivity index (χ0v) is 36.7. The average molecular weight is 902 g/mol. The summed E-state index contributed by atoms with van der Waals surface area (Å²) in [4.78, 5) is 20.6. The molecule has 5 heterocycles. The number of nitrogens with zero attached hydrogens (tertiary/aromatic N) is 3. The van der Waals surface area contributed by atoms with Crippen LogP contribution in [0.4, 0.5) is 0 Å². The van der Waals surface area contributed by atoms with Crippen molar-refractivity contribution in [2.24, 2.45) is 0 Å². The molecule has 4 aromatic carbocycles. The Labute approximate surface area is 379 Å². The molecular formula is C50H38Cl5N5O. The van der Waals surface area contributed by atoms with Gasteiger partial charge in [0.1, 0.15) is 5.75 Å². The molecule has 0 amide bonds. The third-order valence-electron chi connectivity index (χ3n) is 10.9. The minimum Gasteiger partial charge on any atom is -0.496 e. The van der Waals surface area contributed by atoms with Gasteiger partial charge in [-0.05, 0) is 119 Å². The fourth-order valence-corrected chi connectivity index (χ4v) is 9.21. The van der Waals surface area contributed by atoms with Crippen LogP contribution < -0.4 is 4.74 Å².